The van der Waals surface area contributed by atoms with Crippen LogP contribution in [0.2, 0.25) is 10.0 Å². The van der Waals surface area contributed by atoms with Gasteiger partial charge in [-0.3, -0.25) is 0 Å². The molecule has 0 fully saturated rings. The summed E-state index contributed by atoms with van der Waals surface area (Å²) in [5.41, 5.74) is 2.08. The second kappa shape index (κ2) is 2.96. The Morgan fingerprint density at radius 2 is 1.67 bits per heavy atom. The van der Waals surface area contributed by atoms with Crippen LogP contribution in [0.15, 0.2) is 36.4 Å². The number of halogens is 2. The molecular weight excluding hydrogens is 191 g/mol. The van der Waals surface area contributed by atoms with Gasteiger partial charge < -0.3 is 0 Å². The van der Waals surface area contributed by atoms with E-state index in [2.05, 4.69) is 0 Å². The van der Waals surface area contributed by atoms with Gasteiger partial charge in [-0.1, -0.05) is 53.5 Å². The fourth-order valence-corrected chi connectivity index (χ4v) is 1.66. The third-order valence-corrected chi connectivity index (χ3v) is 2.60. The van der Waals surface area contributed by atoms with E-state index in [0.29, 0.717) is 10.0 Å². The molecule has 0 aromatic rings. The third kappa shape index (κ3) is 1.17. The van der Waals surface area contributed by atoms with Crippen molar-refractivity contribution in [2.75, 3.05) is 0 Å². The lowest BCUT2D eigenvalue weighted by molar-refractivity contribution is 1.84. The first-order valence-corrected chi connectivity index (χ1v) is 4.37. The molecule has 0 aliphatic heterocycles. The standard InChI is InChI=1S/C10H6Cl2/c11-9-6-7-4-2-1-3-5-8(7)10(9)12/h1-6H. The van der Waals surface area contributed by atoms with Gasteiger partial charge in [-0.05, 0) is 11.6 Å². The smallest absolute Gasteiger partial charge is 0.0670 e. The minimum atomic E-state index is 0.623. The van der Waals surface area contributed by atoms with Crippen LogP contribution < -0.4 is 0 Å². The molecule has 60 valence electrons. The fourth-order valence-electron chi connectivity index (χ4n) is 1.22. The van der Waals surface area contributed by atoms with Crippen molar-refractivity contribution in [1.29, 1.82) is 0 Å². The summed E-state index contributed by atoms with van der Waals surface area (Å²) in [6, 6.07) is 11.7. The highest BCUT2D eigenvalue weighted by molar-refractivity contribution is 6.44. The first-order valence-electron chi connectivity index (χ1n) is 3.62. The average molecular weight is 197 g/mol. The number of fused-ring (bicyclic) bond motifs is 1. The predicted octanol–water partition coefficient (Wildman–Crippen LogP) is 4.10. The monoisotopic (exact) mass is 196 g/mol. The molecule has 0 spiro atoms. The largest absolute Gasteiger partial charge is 0.0827 e. The summed E-state index contributed by atoms with van der Waals surface area (Å²) >= 11 is 11.8. The van der Waals surface area contributed by atoms with Gasteiger partial charge in [-0.25, -0.2) is 0 Å². The van der Waals surface area contributed by atoms with Gasteiger partial charge in [-0.15, -0.1) is 0 Å². The summed E-state index contributed by atoms with van der Waals surface area (Å²) in [5.74, 6) is 0. The molecule has 2 rings (SSSR count). The van der Waals surface area contributed by atoms with Gasteiger partial charge in [0.2, 0.25) is 0 Å². The molecule has 0 radical (unpaired) electrons. The van der Waals surface area contributed by atoms with Crippen LogP contribution in [0.4, 0.5) is 0 Å². The predicted molar refractivity (Wildman–Crippen MR) is 53.1 cm³/mol. The normalized spacial score (nSPS) is 10.5. The molecule has 0 unspecified atom stereocenters. The zero-order valence-electron chi connectivity index (χ0n) is 6.22. The topological polar surface area (TPSA) is 0 Å². The first-order chi connectivity index (χ1) is 5.79. The molecule has 0 heterocycles. The summed E-state index contributed by atoms with van der Waals surface area (Å²) < 4.78 is 0. The second-order valence-corrected chi connectivity index (χ2v) is 3.37. The average Bonchev–Trinajstić information content (AvgIpc) is 2.30. The van der Waals surface area contributed by atoms with Crippen molar-refractivity contribution in [1.82, 2.24) is 0 Å². The minimum absolute atomic E-state index is 0.623. The molecule has 2 aliphatic rings. The Hall–Kier alpha value is -0.720. The van der Waals surface area contributed by atoms with E-state index in [4.69, 9.17) is 23.2 Å². The van der Waals surface area contributed by atoms with E-state index in [1.54, 1.807) is 0 Å². The quantitative estimate of drug-likeness (QED) is 0.596. The van der Waals surface area contributed by atoms with Crippen LogP contribution in [0.25, 0.3) is 11.1 Å². The van der Waals surface area contributed by atoms with Crippen molar-refractivity contribution < 1.29 is 0 Å². The summed E-state index contributed by atoms with van der Waals surface area (Å²) in [7, 11) is 0. The van der Waals surface area contributed by atoms with Gasteiger partial charge >= 0.3 is 0 Å². The van der Waals surface area contributed by atoms with Crippen LogP contribution >= 0.6 is 23.2 Å². The van der Waals surface area contributed by atoms with E-state index < -0.39 is 0 Å². The van der Waals surface area contributed by atoms with Crippen LogP contribution in [0.3, 0.4) is 0 Å². The molecule has 2 aliphatic carbocycles. The third-order valence-electron chi connectivity index (χ3n) is 1.80. The Morgan fingerprint density at radius 3 is 2.50 bits per heavy atom. The Kier molecular flexibility index (Phi) is 1.95. The minimum Gasteiger partial charge on any atom is -0.0827 e. The molecule has 0 atom stereocenters. The number of rotatable bonds is 0. The van der Waals surface area contributed by atoms with Crippen LogP contribution in [0, 0.1) is 0 Å². The van der Waals surface area contributed by atoms with Gasteiger partial charge in [-0.2, -0.15) is 0 Å². The van der Waals surface area contributed by atoms with E-state index in [0.717, 1.165) is 11.1 Å². The van der Waals surface area contributed by atoms with Gasteiger partial charge in [0, 0.05) is 5.56 Å². The van der Waals surface area contributed by atoms with E-state index in [1.807, 2.05) is 36.4 Å². The van der Waals surface area contributed by atoms with E-state index in [1.165, 1.54) is 0 Å². The Bertz CT molecular complexity index is 382. The molecular formula is C10H6Cl2. The van der Waals surface area contributed by atoms with Gasteiger partial charge in [0.15, 0.2) is 0 Å². The van der Waals surface area contributed by atoms with E-state index in [-0.39, 0.29) is 0 Å². The summed E-state index contributed by atoms with van der Waals surface area (Å²) in [4.78, 5) is 0. The van der Waals surface area contributed by atoms with Crippen LogP contribution in [0.1, 0.15) is 0 Å². The van der Waals surface area contributed by atoms with Gasteiger partial charge in [0.25, 0.3) is 0 Å². The maximum absolute atomic E-state index is 5.97. The molecule has 2 heteroatoms. The molecule has 0 bridgehead atoms. The lowest BCUT2D eigenvalue weighted by Gasteiger charge is -1.90. The Balaban J connectivity index is 2.79. The molecule has 12 heavy (non-hydrogen) atoms. The lowest BCUT2D eigenvalue weighted by atomic mass is 10.2. The lowest BCUT2D eigenvalue weighted by Crippen LogP contribution is -1.63. The van der Waals surface area contributed by atoms with Crippen LogP contribution in [-0.4, -0.2) is 0 Å². The molecule has 0 aromatic carbocycles. The Labute approximate surface area is 81.1 Å². The summed E-state index contributed by atoms with van der Waals surface area (Å²) in [5, 5.41) is 1.26. The maximum Gasteiger partial charge on any atom is 0.0670 e. The van der Waals surface area contributed by atoms with E-state index in [9.17, 15) is 0 Å². The molecule has 0 N–H and O–H groups in total. The van der Waals surface area contributed by atoms with Crippen molar-refractivity contribution in [3.8, 4) is 11.1 Å². The van der Waals surface area contributed by atoms with Gasteiger partial charge in [0.05, 0.1) is 10.0 Å². The number of hydrogen-bond donors (Lipinski definition) is 0. The van der Waals surface area contributed by atoms with Gasteiger partial charge in [0.1, 0.15) is 0 Å². The zero-order valence-corrected chi connectivity index (χ0v) is 7.73. The van der Waals surface area contributed by atoms with Crippen molar-refractivity contribution in [2.24, 2.45) is 0 Å². The molecule has 0 saturated carbocycles. The molecule has 0 nitrogen and oxygen atoms in total. The van der Waals surface area contributed by atoms with Crippen LogP contribution in [-0.2, 0) is 0 Å². The molecule has 0 saturated heterocycles. The fraction of sp³-hybridized carbons (Fsp3) is 0. The van der Waals surface area contributed by atoms with E-state index >= 15 is 0 Å². The highest BCUT2D eigenvalue weighted by Crippen LogP contribution is 2.37. The maximum atomic E-state index is 5.97. The summed E-state index contributed by atoms with van der Waals surface area (Å²) in [6.45, 7) is 0. The van der Waals surface area contributed by atoms with Crippen molar-refractivity contribution in [3.05, 3.63) is 46.4 Å². The van der Waals surface area contributed by atoms with Crippen molar-refractivity contribution in [2.45, 2.75) is 0 Å². The zero-order chi connectivity index (χ0) is 8.55. The first kappa shape index (κ1) is 7.90. The summed E-state index contributed by atoms with van der Waals surface area (Å²) in [6.07, 6.45) is 0. The highest BCUT2D eigenvalue weighted by Gasteiger charge is 2.10. The highest BCUT2D eigenvalue weighted by atomic mass is 35.5. The number of hydrogen-bond acceptors (Lipinski definition) is 0. The SMILES string of the molecule is Clc1cc2cccccc-2c1Cl. The van der Waals surface area contributed by atoms with Crippen LogP contribution in [0.5, 0.6) is 0 Å². The Morgan fingerprint density at radius 1 is 0.917 bits per heavy atom. The van der Waals surface area contributed by atoms with Crippen molar-refractivity contribution >= 4 is 23.2 Å². The second-order valence-electron chi connectivity index (χ2n) is 2.59. The van der Waals surface area contributed by atoms with Crippen molar-refractivity contribution in [3.63, 3.8) is 0 Å². The molecule has 0 aromatic heterocycles. The molecule has 0 amide bonds.